The molecule has 2 unspecified atom stereocenters. The van der Waals surface area contributed by atoms with Gasteiger partial charge in [-0.15, -0.1) is 0 Å². The van der Waals surface area contributed by atoms with Gasteiger partial charge >= 0.3 is 0 Å². The van der Waals surface area contributed by atoms with Crippen molar-refractivity contribution in [2.24, 2.45) is 0 Å². The highest BCUT2D eigenvalue weighted by Gasteiger charge is 2.05. The molecule has 2 atom stereocenters. The Hall–Kier alpha value is -0.190. The summed E-state index contributed by atoms with van der Waals surface area (Å²) < 4.78 is 12.3. The van der Waals surface area contributed by atoms with Crippen molar-refractivity contribution in [2.75, 3.05) is 12.8 Å². The van der Waals surface area contributed by atoms with E-state index in [1.807, 2.05) is 6.92 Å². The standard InChI is InChI=1S/C13H20BrNOS/c1-10-4-5-12(8-13(10)14)9-15-7-6-11(2)17(3)16/h4-5,8,11,15H,6-7,9H2,1-3H3. The van der Waals surface area contributed by atoms with Crippen molar-refractivity contribution in [2.45, 2.75) is 32.1 Å². The first-order chi connectivity index (χ1) is 8.00. The van der Waals surface area contributed by atoms with Gasteiger partial charge in [0.05, 0.1) is 0 Å². The van der Waals surface area contributed by atoms with Crippen LogP contribution in [0.1, 0.15) is 24.5 Å². The minimum absolute atomic E-state index is 0.271. The number of benzene rings is 1. The van der Waals surface area contributed by atoms with Crippen LogP contribution in [0.3, 0.4) is 0 Å². The molecule has 1 N–H and O–H groups in total. The first-order valence-electron chi connectivity index (χ1n) is 5.78. The molecule has 17 heavy (non-hydrogen) atoms. The fourth-order valence-electron chi connectivity index (χ4n) is 1.45. The fourth-order valence-corrected chi connectivity index (χ4v) is 2.33. The zero-order valence-corrected chi connectivity index (χ0v) is 13.0. The van der Waals surface area contributed by atoms with Gasteiger partial charge < -0.3 is 5.32 Å². The van der Waals surface area contributed by atoms with E-state index in [4.69, 9.17) is 0 Å². The third kappa shape index (κ3) is 5.32. The molecule has 0 aliphatic heterocycles. The molecule has 0 aliphatic carbocycles. The van der Waals surface area contributed by atoms with E-state index in [0.717, 1.165) is 24.0 Å². The molecule has 0 fully saturated rings. The van der Waals surface area contributed by atoms with Crippen LogP contribution >= 0.6 is 15.9 Å². The predicted octanol–water partition coefficient (Wildman–Crippen LogP) is 3.00. The highest BCUT2D eigenvalue weighted by atomic mass is 79.9. The van der Waals surface area contributed by atoms with Crippen LogP contribution in [0, 0.1) is 6.92 Å². The number of nitrogens with one attached hydrogen (secondary N) is 1. The largest absolute Gasteiger partial charge is 0.313 e. The second kappa shape index (κ2) is 7.29. The van der Waals surface area contributed by atoms with Crippen molar-refractivity contribution < 1.29 is 4.21 Å². The Labute approximate surface area is 115 Å². The van der Waals surface area contributed by atoms with E-state index < -0.39 is 10.8 Å². The summed E-state index contributed by atoms with van der Waals surface area (Å²) in [6, 6.07) is 6.39. The lowest BCUT2D eigenvalue weighted by Gasteiger charge is -2.09. The molecule has 0 saturated carbocycles. The number of halogens is 1. The van der Waals surface area contributed by atoms with Gasteiger partial charge in [0, 0.05) is 33.3 Å². The molecular formula is C13H20BrNOS. The average Bonchev–Trinajstić information content (AvgIpc) is 2.28. The van der Waals surface area contributed by atoms with Crippen molar-refractivity contribution >= 4 is 26.7 Å². The van der Waals surface area contributed by atoms with Crippen molar-refractivity contribution in [3.8, 4) is 0 Å². The van der Waals surface area contributed by atoms with Crippen LogP contribution < -0.4 is 5.32 Å². The molecule has 2 nitrogen and oxygen atoms in total. The number of hydrogen-bond donors (Lipinski definition) is 1. The molecule has 0 radical (unpaired) electrons. The quantitative estimate of drug-likeness (QED) is 0.817. The summed E-state index contributed by atoms with van der Waals surface area (Å²) in [6.45, 7) is 5.88. The van der Waals surface area contributed by atoms with E-state index >= 15 is 0 Å². The summed E-state index contributed by atoms with van der Waals surface area (Å²) in [5.41, 5.74) is 2.52. The molecule has 0 aromatic heterocycles. The number of hydrogen-bond acceptors (Lipinski definition) is 2. The summed E-state index contributed by atoms with van der Waals surface area (Å²) in [5.74, 6) is 0. The first kappa shape index (κ1) is 14.9. The highest BCUT2D eigenvalue weighted by Crippen LogP contribution is 2.17. The minimum Gasteiger partial charge on any atom is -0.313 e. The van der Waals surface area contributed by atoms with Crippen LogP contribution in [0.25, 0.3) is 0 Å². The Morgan fingerprint density at radius 1 is 1.47 bits per heavy atom. The van der Waals surface area contributed by atoms with Crippen LogP contribution in [-0.4, -0.2) is 22.3 Å². The minimum atomic E-state index is -0.713. The van der Waals surface area contributed by atoms with Gasteiger partial charge in [-0.2, -0.15) is 0 Å². The Bertz CT molecular complexity index is 395. The normalized spacial score (nSPS) is 14.6. The number of aryl methyl sites for hydroxylation is 1. The monoisotopic (exact) mass is 317 g/mol. The maximum Gasteiger partial charge on any atom is 0.0329 e. The maximum atomic E-state index is 11.2. The van der Waals surface area contributed by atoms with E-state index in [0.29, 0.717) is 0 Å². The molecule has 0 saturated heterocycles. The SMILES string of the molecule is Cc1ccc(CNCCC(C)S(C)=O)cc1Br. The van der Waals surface area contributed by atoms with Crippen molar-refractivity contribution in [3.05, 3.63) is 33.8 Å². The smallest absolute Gasteiger partial charge is 0.0329 e. The van der Waals surface area contributed by atoms with E-state index in [1.54, 1.807) is 6.26 Å². The van der Waals surface area contributed by atoms with Crippen LogP contribution in [0.15, 0.2) is 22.7 Å². The van der Waals surface area contributed by atoms with Crippen molar-refractivity contribution in [1.82, 2.24) is 5.32 Å². The lowest BCUT2D eigenvalue weighted by Crippen LogP contribution is -2.20. The Kier molecular flexibility index (Phi) is 6.38. The van der Waals surface area contributed by atoms with E-state index in [1.165, 1.54) is 11.1 Å². The van der Waals surface area contributed by atoms with Gasteiger partial charge in [-0.25, -0.2) is 0 Å². The van der Waals surface area contributed by atoms with Gasteiger partial charge in [0.25, 0.3) is 0 Å². The third-order valence-corrected chi connectivity index (χ3v) is 5.08. The molecular weight excluding hydrogens is 298 g/mol. The first-order valence-corrected chi connectivity index (χ1v) is 8.20. The van der Waals surface area contributed by atoms with Gasteiger partial charge in [0.1, 0.15) is 0 Å². The number of rotatable bonds is 6. The van der Waals surface area contributed by atoms with Crippen LogP contribution in [0.5, 0.6) is 0 Å². The highest BCUT2D eigenvalue weighted by molar-refractivity contribution is 9.10. The molecule has 1 aromatic carbocycles. The predicted molar refractivity (Wildman–Crippen MR) is 78.7 cm³/mol. The summed E-state index contributed by atoms with van der Waals surface area (Å²) in [7, 11) is -0.713. The second-order valence-electron chi connectivity index (χ2n) is 4.36. The molecule has 96 valence electrons. The Balaban J connectivity index is 2.31. The molecule has 4 heteroatoms. The second-order valence-corrected chi connectivity index (χ2v) is 7.01. The maximum absolute atomic E-state index is 11.2. The molecule has 1 aromatic rings. The van der Waals surface area contributed by atoms with Gasteiger partial charge in [-0.05, 0) is 37.1 Å². The summed E-state index contributed by atoms with van der Waals surface area (Å²) >= 11 is 3.53. The van der Waals surface area contributed by atoms with Crippen LogP contribution in [0.4, 0.5) is 0 Å². The molecule has 0 heterocycles. The molecule has 1 rings (SSSR count). The van der Waals surface area contributed by atoms with Crippen molar-refractivity contribution in [3.63, 3.8) is 0 Å². The zero-order valence-electron chi connectivity index (χ0n) is 10.6. The topological polar surface area (TPSA) is 29.1 Å². The molecule has 0 bridgehead atoms. The summed E-state index contributed by atoms with van der Waals surface area (Å²) in [6.07, 6.45) is 2.72. The lowest BCUT2D eigenvalue weighted by atomic mass is 10.1. The van der Waals surface area contributed by atoms with Gasteiger partial charge in [-0.3, -0.25) is 4.21 Å². The Morgan fingerprint density at radius 2 is 2.18 bits per heavy atom. The molecule has 0 spiro atoms. The van der Waals surface area contributed by atoms with Crippen molar-refractivity contribution in [1.29, 1.82) is 0 Å². The summed E-state index contributed by atoms with van der Waals surface area (Å²) in [5, 5.41) is 3.65. The molecule has 0 amide bonds. The summed E-state index contributed by atoms with van der Waals surface area (Å²) in [4.78, 5) is 0. The lowest BCUT2D eigenvalue weighted by molar-refractivity contribution is 0.629. The van der Waals surface area contributed by atoms with Gasteiger partial charge in [0.15, 0.2) is 0 Å². The fraction of sp³-hybridized carbons (Fsp3) is 0.538. The van der Waals surface area contributed by atoms with E-state index in [9.17, 15) is 4.21 Å². The molecule has 0 aliphatic rings. The van der Waals surface area contributed by atoms with Crippen LogP contribution in [-0.2, 0) is 17.3 Å². The van der Waals surface area contributed by atoms with Gasteiger partial charge in [0.2, 0.25) is 0 Å². The third-order valence-electron chi connectivity index (χ3n) is 2.86. The van der Waals surface area contributed by atoms with E-state index in [2.05, 4.69) is 46.4 Å². The Morgan fingerprint density at radius 3 is 2.76 bits per heavy atom. The van der Waals surface area contributed by atoms with Crippen LogP contribution in [0.2, 0.25) is 0 Å². The van der Waals surface area contributed by atoms with E-state index in [-0.39, 0.29) is 5.25 Å². The van der Waals surface area contributed by atoms with Gasteiger partial charge in [-0.1, -0.05) is 35.0 Å². The zero-order chi connectivity index (χ0) is 12.8. The average molecular weight is 318 g/mol.